The van der Waals surface area contributed by atoms with Crippen LogP contribution in [0.5, 0.6) is 0 Å². The van der Waals surface area contributed by atoms with E-state index in [0.717, 1.165) is 12.1 Å². The Morgan fingerprint density at radius 3 is 2.60 bits per heavy atom. The van der Waals surface area contributed by atoms with Crippen LogP contribution in [-0.2, 0) is 9.59 Å². The van der Waals surface area contributed by atoms with Gasteiger partial charge in [0, 0.05) is 24.2 Å². The molecule has 1 amide bonds. The van der Waals surface area contributed by atoms with Crippen LogP contribution in [0.15, 0.2) is 24.3 Å². The molecule has 1 aromatic carbocycles. The summed E-state index contributed by atoms with van der Waals surface area (Å²) in [6.45, 7) is 2.90. The van der Waals surface area contributed by atoms with Crippen LogP contribution in [0.1, 0.15) is 24.9 Å². The molecular formula is C18H26ClN3O3. The van der Waals surface area contributed by atoms with Crippen molar-refractivity contribution in [1.82, 2.24) is 15.1 Å². The van der Waals surface area contributed by atoms with Gasteiger partial charge in [0.2, 0.25) is 5.91 Å². The third-order valence-corrected chi connectivity index (χ3v) is 5.42. The number of rotatable bonds is 6. The molecule has 0 unspecified atom stereocenters. The van der Waals surface area contributed by atoms with Gasteiger partial charge >= 0.3 is 5.97 Å². The minimum atomic E-state index is -1.12. The number of carbonyl (C=O) groups is 2. The van der Waals surface area contributed by atoms with Gasteiger partial charge in [-0.05, 0) is 46.1 Å². The Morgan fingerprint density at radius 1 is 1.40 bits per heavy atom. The number of hydrogen-bond donors (Lipinski definition) is 2. The summed E-state index contributed by atoms with van der Waals surface area (Å²) < 4.78 is 0. The molecule has 0 aromatic heterocycles. The van der Waals surface area contributed by atoms with Crippen LogP contribution in [0.2, 0.25) is 5.02 Å². The maximum Gasteiger partial charge on any atom is 0.323 e. The number of likely N-dealkylation sites (tertiary alicyclic amines) is 1. The van der Waals surface area contributed by atoms with Crippen molar-refractivity contribution < 1.29 is 14.7 Å². The van der Waals surface area contributed by atoms with Gasteiger partial charge in [0.25, 0.3) is 0 Å². The second-order valence-electron chi connectivity index (χ2n) is 7.06. The Kier molecular flexibility index (Phi) is 6.08. The standard InChI is InChI=1S/C18H26ClN3O3/c1-18(17(24)25)11-13(16(23)20-9-10-21(2)3)15(22(18)4)12-7-5-6-8-14(12)19/h5-8,13,15H,9-11H2,1-4H3,(H,20,23)(H,24,25)/t13-,15-,18-/m0/s1. The summed E-state index contributed by atoms with van der Waals surface area (Å²) >= 11 is 6.35. The van der Waals surface area contributed by atoms with Gasteiger partial charge in [-0.25, -0.2) is 0 Å². The molecule has 25 heavy (non-hydrogen) atoms. The number of nitrogens with one attached hydrogen (secondary N) is 1. The lowest BCUT2D eigenvalue weighted by Gasteiger charge is -2.32. The average Bonchev–Trinajstić information content (AvgIpc) is 2.81. The van der Waals surface area contributed by atoms with E-state index in [1.54, 1.807) is 24.9 Å². The number of hydrogen-bond acceptors (Lipinski definition) is 4. The van der Waals surface area contributed by atoms with Gasteiger partial charge in [-0.3, -0.25) is 14.5 Å². The van der Waals surface area contributed by atoms with Gasteiger partial charge in [0.1, 0.15) is 5.54 Å². The van der Waals surface area contributed by atoms with Crippen molar-refractivity contribution in [3.05, 3.63) is 34.9 Å². The lowest BCUT2D eigenvalue weighted by Crippen LogP contribution is -2.46. The number of amides is 1. The largest absolute Gasteiger partial charge is 0.480 e. The molecule has 6 nitrogen and oxygen atoms in total. The van der Waals surface area contributed by atoms with E-state index in [-0.39, 0.29) is 18.4 Å². The maximum atomic E-state index is 12.8. The topological polar surface area (TPSA) is 72.9 Å². The third kappa shape index (κ3) is 3.97. The molecule has 138 valence electrons. The zero-order valence-corrected chi connectivity index (χ0v) is 15.9. The summed E-state index contributed by atoms with van der Waals surface area (Å²) in [4.78, 5) is 28.4. The van der Waals surface area contributed by atoms with Gasteiger partial charge in [-0.2, -0.15) is 0 Å². The van der Waals surface area contributed by atoms with Crippen LogP contribution in [-0.4, -0.2) is 66.6 Å². The molecule has 1 aliphatic heterocycles. The fourth-order valence-corrected chi connectivity index (χ4v) is 3.66. The number of halogens is 1. The number of carbonyl (C=O) groups excluding carboxylic acids is 1. The van der Waals surface area contributed by atoms with Gasteiger partial charge in [0.15, 0.2) is 0 Å². The van der Waals surface area contributed by atoms with Crippen LogP contribution in [0, 0.1) is 5.92 Å². The minimum Gasteiger partial charge on any atom is -0.480 e. The Morgan fingerprint density at radius 2 is 2.04 bits per heavy atom. The van der Waals surface area contributed by atoms with Gasteiger partial charge in [-0.15, -0.1) is 0 Å². The van der Waals surface area contributed by atoms with Crippen molar-refractivity contribution in [3.63, 3.8) is 0 Å². The van der Waals surface area contributed by atoms with Crippen molar-refractivity contribution in [2.75, 3.05) is 34.2 Å². The van der Waals surface area contributed by atoms with Crippen LogP contribution in [0.3, 0.4) is 0 Å². The normalized spacial score (nSPS) is 26.8. The van der Waals surface area contributed by atoms with Crippen LogP contribution < -0.4 is 5.32 Å². The average molecular weight is 368 g/mol. The molecule has 0 bridgehead atoms. The van der Waals surface area contributed by atoms with Crippen molar-refractivity contribution in [2.24, 2.45) is 5.92 Å². The molecule has 0 spiro atoms. The van der Waals surface area contributed by atoms with E-state index in [1.807, 2.05) is 37.2 Å². The number of likely N-dealkylation sites (N-methyl/N-ethyl adjacent to an activating group) is 2. The molecule has 2 N–H and O–H groups in total. The second-order valence-corrected chi connectivity index (χ2v) is 7.47. The summed E-state index contributed by atoms with van der Waals surface area (Å²) in [5.41, 5.74) is -0.336. The van der Waals surface area contributed by atoms with Gasteiger partial charge in [-0.1, -0.05) is 29.8 Å². The molecule has 1 aromatic rings. The zero-order chi connectivity index (χ0) is 18.8. The molecule has 1 saturated heterocycles. The molecule has 1 fully saturated rings. The summed E-state index contributed by atoms with van der Waals surface area (Å²) in [5.74, 6) is -1.55. The number of aliphatic carboxylic acids is 1. The van der Waals surface area contributed by atoms with E-state index in [2.05, 4.69) is 5.32 Å². The lowest BCUT2D eigenvalue weighted by atomic mass is 9.89. The molecule has 2 rings (SSSR count). The monoisotopic (exact) mass is 367 g/mol. The quantitative estimate of drug-likeness (QED) is 0.802. The fraction of sp³-hybridized carbons (Fsp3) is 0.556. The molecule has 1 heterocycles. The predicted octanol–water partition coefficient (Wildman–Crippen LogP) is 1.85. The van der Waals surface area contributed by atoms with E-state index in [9.17, 15) is 14.7 Å². The molecule has 7 heteroatoms. The van der Waals surface area contributed by atoms with E-state index >= 15 is 0 Å². The summed E-state index contributed by atoms with van der Waals surface area (Å²) in [6.07, 6.45) is 0.239. The first-order valence-corrected chi connectivity index (χ1v) is 8.69. The van der Waals surface area contributed by atoms with Crippen molar-refractivity contribution in [3.8, 4) is 0 Å². The third-order valence-electron chi connectivity index (χ3n) is 5.07. The van der Waals surface area contributed by atoms with E-state index < -0.39 is 17.4 Å². The highest BCUT2D eigenvalue weighted by Gasteiger charge is 2.54. The smallest absolute Gasteiger partial charge is 0.323 e. The van der Waals surface area contributed by atoms with Gasteiger partial charge < -0.3 is 15.3 Å². The SMILES string of the molecule is CN(C)CCNC(=O)[C@H]1C[C@@](C)(C(=O)O)N(C)[C@H]1c1ccccc1Cl. The number of carboxylic acids is 1. The molecule has 0 saturated carbocycles. The second kappa shape index (κ2) is 7.72. The van der Waals surface area contributed by atoms with Crippen LogP contribution >= 0.6 is 11.6 Å². The zero-order valence-electron chi connectivity index (χ0n) is 15.1. The Balaban J connectivity index is 2.32. The highest BCUT2D eigenvalue weighted by molar-refractivity contribution is 6.31. The van der Waals surface area contributed by atoms with Crippen LogP contribution in [0.25, 0.3) is 0 Å². The minimum absolute atomic E-state index is 0.136. The van der Waals surface area contributed by atoms with Gasteiger partial charge in [0.05, 0.1) is 5.92 Å². The highest BCUT2D eigenvalue weighted by Crippen LogP contribution is 2.47. The Labute approximate surface area is 153 Å². The summed E-state index contributed by atoms with van der Waals surface area (Å²) in [7, 11) is 5.61. The number of nitrogens with zero attached hydrogens (tertiary/aromatic N) is 2. The molecule has 0 radical (unpaired) electrons. The molecule has 1 aliphatic rings. The van der Waals surface area contributed by atoms with Crippen molar-refractivity contribution in [2.45, 2.75) is 24.9 Å². The predicted molar refractivity (Wildman–Crippen MR) is 97.7 cm³/mol. The van der Waals surface area contributed by atoms with E-state index in [0.29, 0.717) is 11.6 Å². The Bertz CT molecular complexity index is 652. The van der Waals surface area contributed by atoms with Crippen molar-refractivity contribution in [1.29, 1.82) is 0 Å². The fourth-order valence-electron chi connectivity index (χ4n) is 3.41. The van der Waals surface area contributed by atoms with Crippen molar-refractivity contribution >= 4 is 23.5 Å². The van der Waals surface area contributed by atoms with E-state index in [4.69, 9.17) is 11.6 Å². The summed E-state index contributed by atoms with van der Waals surface area (Å²) in [6, 6.07) is 6.92. The number of carboxylic acid groups (broad SMARTS) is 1. The highest BCUT2D eigenvalue weighted by atomic mass is 35.5. The first kappa shape index (κ1) is 19.7. The maximum absolute atomic E-state index is 12.8. The first-order chi connectivity index (χ1) is 11.7. The molecule has 0 aliphatic carbocycles. The van der Waals surface area contributed by atoms with E-state index in [1.165, 1.54) is 0 Å². The summed E-state index contributed by atoms with van der Waals surface area (Å²) in [5, 5.41) is 13.2. The first-order valence-electron chi connectivity index (χ1n) is 8.31. The molecular weight excluding hydrogens is 342 g/mol. The number of benzene rings is 1. The van der Waals surface area contributed by atoms with Crippen LogP contribution in [0.4, 0.5) is 0 Å². The lowest BCUT2D eigenvalue weighted by molar-refractivity contribution is -0.148. The Hall–Kier alpha value is -1.63. The molecule has 3 atom stereocenters.